The van der Waals surface area contributed by atoms with Gasteiger partial charge in [0.05, 0.1) is 32.3 Å². The maximum Gasteiger partial charge on any atom is 0.319 e. The van der Waals surface area contributed by atoms with Crippen LogP contribution in [-0.4, -0.2) is 49.0 Å². The Hall–Kier alpha value is -3.88. The van der Waals surface area contributed by atoms with Crippen LogP contribution in [0.4, 0.5) is 16.2 Å². The van der Waals surface area contributed by atoms with Gasteiger partial charge in [0.15, 0.2) is 0 Å². The molecule has 3 aromatic rings. The van der Waals surface area contributed by atoms with Gasteiger partial charge in [-0.2, -0.15) is 0 Å². The summed E-state index contributed by atoms with van der Waals surface area (Å²) >= 11 is 0. The number of carbonyl (C=O) groups excluding carboxylic acids is 2. The minimum Gasteiger partial charge on any atom is -0.497 e. The molecule has 0 radical (unpaired) electrons. The third-order valence-electron chi connectivity index (χ3n) is 6.13. The number of hydrogen-bond donors (Lipinski definition) is 4. The fourth-order valence-electron chi connectivity index (χ4n) is 4.28. The number of rotatable bonds is 8. The van der Waals surface area contributed by atoms with Crippen molar-refractivity contribution in [1.29, 1.82) is 0 Å². The summed E-state index contributed by atoms with van der Waals surface area (Å²) in [6.45, 7) is -0.261. The van der Waals surface area contributed by atoms with Crippen LogP contribution in [0.3, 0.4) is 0 Å². The third-order valence-corrected chi connectivity index (χ3v) is 6.13. The summed E-state index contributed by atoms with van der Waals surface area (Å²) < 4.78 is 11.1. The lowest BCUT2D eigenvalue weighted by atomic mass is 9.97. The van der Waals surface area contributed by atoms with E-state index in [1.807, 2.05) is 54.6 Å². The van der Waals surface area contributed by atoms with E-state index in [1.54, 1.807) is 31.4 Å². The number of aliphatic hydroxyl groups excluding tert-OH is 1. The molecule has 3 aromatic carbocycles. The van der Waals surface area contributed by atoms with E-state index in [-0.39, 0.29) is 31.1 Å². The number of amides is 3. The molecule has 3 atom stereocenters. The Labute approximate surface area is 210 Å². The molecule has 0 spiro atoms. The largest absolute Gasteiger partial charge is 0.497 e. The molecule has 0 aliphatic carbocycles. The Kier molecular flexibility index (Phi) is 8.54. The second kappa shape index (κ2) is 12.2. The van der Waals surface area contributed by atoms with Crippen LogP contribution in [0.5, 0.6) is 5.75 Å². The number of nitrogens with one attached hydrogen (secondary N) is 3. The Morgan fingerprint density at radius 2 is 1.67 bits per heavy atom. The van der Waals surface area contributed by atoms with Crippen LogP contribution in [-0.2, 0) is 9.53 Å². The number of methoxy groups -OCH3 is 1. The first-order chi connectivity index (χ1) is 17.5. The van der Waals surface area contributed by atoms with Gasteiger partial charge in [0, 0.05) is 17.4 Å². The third kappa shape index (κ3) is 6.84. The van der Waals surface area contributed by atoms with Crippen molar-refractivity contribution < 1.29 is 24.2 Å². The topological polar surface area (TPSA) is 109 Å². The minimum absolute atomic E-state index is 0.161. The van der Waals surface area contributed by atoms with Gasteiger partial charge in [-0.3, -0.25) is 4.79 Å². The second-order valence-electron chi connectivity index (χ2n) is 8.69. The molecule has 4 rings (SSSR count). The summed E-state index contributed by atoms with van der Waals surface area (Å²) in [5.41, 5.74) is 3.49. The Balaban J connectivity index is 1.25. The van der Waals surface area contributed by atoms with Crippen LogP contribution in [0, 0.1) is 0 Å². The van der Waals surface area contributed by atoms with E-state index in [0.29, 0.717) is 30.0 Å². The summed E-state index contributed by atoms with van der Waals surface area (Å²) in [6, 6.07) is 24.0. The summed E-state index contributed by atoms with van der Waals surface area (Å²) in [5.74, 6) is 0.474. The quantitative estimate of drug-likeness (QED) is 0.375. The molecule has 188 valence electrons. The molecule has 1 fully saturated rings. The molecule has 1 heterocycles. The summed E-state index contributed by atoms with van der Waals surface area (Å²) in [7, 11) is 1.56. The van der Waals surface area contributed by atoms with Gasteiger partial charge in [-0.15, -0.1) is 0 Å². The highest BCUT2D eigenvalue weighted by Gasteiger charge is 2.33. The fourth-order valence-corrected chi connectivity index (χ4v) is 4.28. The van der Waals surface area contributed by atoms with Crippen LogP contribution in [0.25, 0.3) is 11.1 Å². The molecule has 0 saturated carbocycles. The molecule has 1 saturated heterocycles. The summed E-state index contributed by atoms with van der Waals surface area (Å²) in [5, 5.41) is 18.4. The normalized spacial score (nSPS) is 19.2. The lowest BCUT2D eigenvalue weighted by Crippen LogP contribution is -2.52. The zero-order chi connectivity index (χ0) is 25.3. The molecular formula is C28H31N3O5. The first-order valence-corrected chi connectivity index (χ1v) is 12.0. The molecule has 8 nitrogen and oxygen atoms in total. The number of aliphatic hydroxyl groups is 1. The molecule has 0 aromatic heterocycles. The molecule has 3 amide bonds. The van der Waals surface area contributed by atoms with Crippen molar-refractivity contribution in [2.24, 2.45) is 0 Å². The van der Waals surface area contributed by atoms with Crippen LogP contribution in [0.2, 0.25) is 0 Å². The number of ether oxygens (including phenoxy) is 2. The van der Waals surface area contributed by atoms with E-state index in [1.165, 1.54) is 0 Å². The van der Waals surface area contributed by atoms with Gasteiger partial charge in [-0.25, -0.2) is 4.79 Å². The highest BCUT2D eigenvalue weighted by Crippen LogP contribution is 2.24. The van der Waals surface area contributed by atoms with E-state index < -0.39 is 12.1 Å². The van der Waals surface area contributed by atoms with E-state index in [9.17, 15) is 14.7 Å². The Morgan fingerprint density at radius 1 is 0.917 bits per heavy atom. The maximum absolute atomic E-state index is 12.6. The van der Waals surface area contributed by atoms with Crippen LogP contribution in [0.15, 0.2) is 78.9 Å². The van der Waals surface area contributed by atoms with Gasteiger partial charge < -0.3 is 30.5 Å². The SMILES string of the molecule is COc1cccc(NC(=O)N[C@@H]2CC[C@@H](CC(=O)Nc3ccc(-c4ccccc4)cc3)O[C@H]2CO)c1. The van der Waals surface area contributed by atoms with Gasteiger partial charge in [0.2, 0.25) is 5.91 Å². The Bertz CT molecular complexity index is 1150. The van der Waals surface area contributed by atoms with Crippen molar-refractivity contribution in [3.63, 3.8) is 0 Å². The summed E-state index contributed by atoms with van der Waals surface area (Å²) in [4.78, 5) is 25.1. The fraction of sp³-hybridized carbons (Fsp3) is 0.286. The minimum atomic E-state index is -0.599. The first-order valence-electron chi connectivity index (χ1n) is 12.0. The smallest absolute Gasteiger partial charge is 0.319 e. The second-order valence-corrected chi connectivity index (χ2v) is 8.69. The van der Waals surface area contributed by atoms with Gasteiger partial charge in [0.25, 0.3) is 0 Å². The lowest BCUT2D eigenvalue weighted by molar-refractivity contribution is -0.126. The molecule has 1 aliphatic heterocycles. The molecular weight excluding hydrogens is 458 g/mol. The highest BCUT2D eigenvalue weighted by atomic mass is 16.5. The molecule has 36 heavy (non-hydrogen) atoms. The lowest BCUT2D eigenvalue weighted by Gasteiger charge is -2.35. The molecule has 8 heteroatoms. The maximum atomic E-state index is 12.6. The van der Waals surface area contributed by atoms with Gasteiger partial charge in [-0.1, -0.05) is 48.5 Å². The highest BCUT2D eigenvalue weighted by molar-refractivity contribution is 5.91. The van der Waals surface area contributed by atoms with E-state index >= 15 is 0 Å². The van der Waals surface area contributed by atoms with Gasteiger partial charge >= 0.3 is 6.03 Å². The number of hydrogen-bond acceptors (Lipinski definition) is 5. The van der Waals surface area contributed by atoms with Gasteiger partial charge in [-0.05, 0) is 48.2 Å². The number of urea groups is 1. The van der Waals surface area contributed by atoms with Crippen molar-refractivity contribution in [2.45, 2.75) is 37.5 Å². The number of carbonyl (C=O) groups is 2. The number of benzene rings is 3. The van der Waals surface area contributed by atoms with E-state index in [0.717, 1.165) is 11.1 Å². The Morgan fingerprint density at radius 3 is 2.39 bits per heavy atom. The first kappa shape index (κ1) is 25.2. The standard InChI is InChI=1S/C28H31N3O5/c1-35-23-9-5-8-22(16-23)30-28(34)31-25-15-14-24(36-26(25)18-32)17-27(33)29-21-12-10-20(11-13-21)19-6-3-2-4-7-19/h2-13,16,24-26,32H,14-15,17-18H2,1H3,(H,29,33)(H2,30,31,34)/t24-,25+,26-/m0/s1. The van der Waals surface area contributed by atoms with E-state index in [2.05, 4.69) is 16.0 Å². The van der Waals surface area contributed by atoms with Crippen molar-refractivity contribution in [3.05, 3.63) is 78.9 Å². The average molecular weight is 490 g/mol. The van der Waals surface area contributed by atoms with Crippen molar-refractivity contribution in [2.75, 3.05) is 24.4 Å². The number of anilines is 2. The zero-order valence-corrected chi connectivity index (χ0v) is 20.1. The van der Waals surface area contributed by atoms with Crippen molar-refractivity contribution >= 4 is 23.3 Å². The predicted octanol–water partition coefficient (Wildman–Crippen LogP) is 4.42. The molecule has 4 N–H and O–H groups in total. The predicted molar refractivity (Wildman–Crippen MR) is 139 cm³/mol. The average Bonchev–Trinajstić information content (AvgIpc) is 2.90. The van der Waals surface area contributed by atoms with Crippen LogP contribution < -0.4 is 20.7 Å². The van der Waals surface area contributed by atoms with Crippen molar-refractivity contribution in [1.82, 2.24) is 5.32 Å². The van der Waals surface area contributed by atoms with Crippen molar-refractivity contribution in [3.8, 4) is 16.9 Å². The van der Waals surface area contributed by atoms with Crippen LogP contribution in [0.1, 0.15) is 19.3 Å². The van der Waals surface area contributed by atoms with Crippen LogP contribution >= 0.6 is 0 Å². The zero-order valence-electron chi connectivity index (χ0n) is 20.1. The molecule has 0 unspecified atom stereocenters. The summed E-state index contributed by atoms with van der Waals surface area (Å²) in [6.07, 6.45) is 0.393. The molecule has 1 aliphatic rings. The van der Waals surface area contributed by atoms with Gasteiger partial charge in [0.1, 0.15) is 11.9 Å². The van der Waals surface area contributed by atoms with E-state index in [4.69, 9.17) is 9.47 Å². The monoisotopic (exact) mass is 489 g/mol. The molecule has 0 bridgehead atoms.